The van der Waals surface area contributed by atoms with Crippen LogP contribution in [0.25, 0.3) is 102 Å². The van der Waals surface area contributed by atoms with E-state index >= 15 is 0 Å². The molecule has 0 amide bonds. The van der Waals surface area contributed by atoms with E-state index in [9.17, 15) is 0 Å². The number of nitrogens with zero attached hydrogens (tertiary/aromatic N) is 2. The summed E-state index contributed by atoms with van der Waals surface area (Å²) >= 11 is 1.90. The fourth-order valence-electron chi connectivity index (χ4n) is 11.3. The predicted octanol–water partition coefficient (Wildman–Crippen LogP) is 16.0. The molecule has 0 atom stereocenters. The quantitative estimate of drug-likeness (QED) is 0.162. The Bertz CT molecular complexity index is 3990. The molecule has 0 fully saturated rings. The normalized spacial score (nSPS) is 13.2. The van der Waals surface area contributed by atoms with Crippen molar-refractivity contribution in [2.75, 3.05) is 0 Å². The van der Waals surface area contributed by atoms with E-state index in [4.69, 9.17) is 4.98 Å². The van der Waals surface area contributed by atoms with Crippen molar-refractivity contribution < 1.29 is 0 Å². The molecule has 3 heterocycles. The van der Waals surface area contributed by atoms with Gasteiger partial charge >= 0.3 is 0 Å². The van der Waals surface area contributed by atoms with E-state index in [-0.39, 0.29) is 0 Å². The molecule has 0 aliphatic heterocycles. The van der Waals surface area contributed by atoms with Crippen LogP contribution in [-0.2, 0) is 5.41 Å². The average molecular weight is 817 g/mol. The van der Waals surface area contributed by atoms with Gasteiger partial charge in [-0.05, 0) is 91.3 Å². The third-order valence-corrected chi connectivity index (χ3v) is 15.0. The molecule has 13 aromatic rings. The van der Waals surface area contributed by atoms with Gasteiger partial charge in [0.25, 0.3) is 0 Å². The van der Waals surface area contributed by atoms with Crippen molar-refractivity contribution in [2.45, 2.75) is 5.41 Å². The van der Waals surface area contributed by atoms with Crippen molar-refractivity contribution in [3.63, 3.8) is 0 Å². The van der Waals surface area contributed by atoms with Gasteiger partial charge in [-0.25, -0.2) is 4.98 Å². The van der Waals surface area contributed by atoms with Gasteiger partial charge in [-0.15, -0.1) is 11.3 Å². The number of rotatable bonds is 4. The van der Waals surface area contributed by atoms with Gasteiger partial charge in [-0.3, -0.25) is 0 Å². The number of hydrogen-bond donors (Lipinski definition) is 0. The molecule has 3 heteroatoms. The lowest BCUT2D eigenvalue weighted by Gasteiger charge is -2.33. The average Bonchev–Trinajstić information content (AvgIpc) is 3.99. The summed E-state index contributed by atoms with van der Waals surface area (Å²) in [6.45, 7) is 0. The predicted molar refractivity (Wildman–Crippen MR) is 267 cm³/mol. The van der Waals surface area contributed by atoms with Gasteiger partial charge in [-0.2, -0.15) is 0 Å². The van der Waals surface area contributed by atoms with E-state index in [1.165, 1.54) is 102 Å². The van der Waals surface area contributed by atoms with Gasteiger partial charge < -0.3 is 4.57 Å². The minimum Gasteiger partial charge on any atom is -0.308 e. The maximum absolute atomic E-state index is 5.56. The summed E-state index contributed by atoms with van der Waals surface area (Å²) in [6.07, 6.45) is 0. The van der Waals surface area contributed by atoms with E-state index in [0.717, 1.165) is 22.5 Å². The van der Waals surface area contributed by atoms with Crippen LogP contribution in [-0.4, -0.2) is 9.55 Å². The highest BCUT2D eigenvalue weighted by Gasteiger charge is 2.46. The summed E-state index contributed by atoms with van der Waals surface area (Å²) in [7, 11) is 0. The minimum absolute atomic E-state index is 0.483. The Hall–Kier alpha value is -7.85. The van der Waals surface area contributed by atoms with Gasteiger partial charge in [0, 0.05) is 42.9 Å². The SMILES string of the molecule is c1ccc(C2(c3ccccc3)c3ccccc3-c3cc4c(cc32)c2sc3ccccc3c2n4-c2cccc(-c3nc4ccccc4c4c5ccccc5c5ccccc5c34)c2)cc1. The van der Waals surface area contributed by atoms with E-state index in [2.05, 4.69) is 223 Å². The fourth-order valence-corrected chi connectivity index (χ4v) is 12.5. The van der Waals surface area contributed by atoms with Gasteiger partial charge in [0.1, 0.15) is 0 Å². The molecule has 1 aliphatic rings. The number of aromatic nitrogens is 2. The molecular weight excluding hydrogens is 781 g/mol. The molecule has 2 nitrogen and oxygen atoms in total. The number of para-hydroxylation sites is 1. The van der Waals surface area contributed by atoms with E-state index < -0.39 is 5.41 Å². The van der Waals surface area contributed by atoms with Crippen molar-refractivity contribution in [3.05, 3.63) is 241 Å². The number of thiophene rings is 1. The molecule has 0 N–H and O–H groups in total. The van der Waals surface area contributed by atoms with Crippen molar-refractivity contribution in [1.82, 2.24) is 9.55 Å². The molecule has 0 bridgehead atoms. The largest absolute Gasteiger partial charge is 0.308 e. The first-order valence-electron chi connectivity index (χ1n) is 21.7. The lowest BCUT2D eigenvalue weighted by molar-refractivity contribution is 0.769. The van der Waals surface area contributed by atoms with Crippen LogP contribution in [0.4, 0.5) is 0 Å². The third kappa shape index (κ3) is 4.69. The minimum atomic E-state index is -0.483. The van der Waals surface area contributed by atoms with E-state index in [1.807, 2.05) is 11.3 Å². The molecular formula is C60H36N2S. The van der Waals surface area contributed by atoms with Crippen LogP contribution in [0.15, 0.2) is 218 Å². The molecule has 1 aliphatic carbocycles. The van der Waals surface area contributed by atoms with Gasteiger partial charge in [-0.1, -0.05) is 182 Å². The third-order valence-electron chi connectivity index (χ3n) is 13.8. The summed E-state index contributed by atoms with van der Waals surface area (Å²) in [5.41, 5.74) is 13.9. The lowest BCUT2D eigenvalue weighted by Crippen LogP contribution is -2.28. The second kappa shape index (κ2) is 13.1. The number of fused-ring (bicyclic) bond motifs is 16. The monoisotopic (exact) mass is 816 g/mol. The zero-order valence-corrected chi connectivity index (χ0v) is 34.9. The van der Waals surface area contributed by atoms with Crippen molar-refractivity contribution >= 4 is 85.8 Å². The second-order valence-electron chi connectivity index (χ2n) is 16.9. The van der Waals surface area contributed by atoms with Crippen LogP contribution >= 0.6 is 11.3 Å². The van der Waals surface area contributed by atoms with E-state index in [1.54, 1.807) is 0 Å². The molecule has 0 unspecified atom stereocenters. The van der Waals surface area contributed by atoms with Crippen LogP contribution in [0, 0.1) is 0 Å². The summed E-state index contributed by atoms with van der Waals surface area (Å²) < 4.78 is 5.13. The summed E-state index contributed by atoms with van der Waals surface area (Å²) in [6, 6.07) is 80.8. The summed E-state index contributed by atoms with van der Waals surface area (Å²) in [4.78, 5) is 5.56. The number of benzene rings is 10. The molecule has 63 heavy (non-hydrogen) atoms. The van der Waals surface area contributed by atoms with E-state index in [0.29, 0.717) is 0 Å². The standard InChI is InChI=1S/C60H36N2S/c1-3-19-38(20-4-1)60(39-21-5-2-6-22-39)50-31-14-11-26-43(50)48-36-53-49(35-51(48)60)59-58(47-30-13-16-33-54(47)63-59)62(53)40-23-17-18-37(34-40)57-56-45-28-10-8-25-42(45)41-24-7-9-27-44(41)55(56)46-29-12-15-32-52(46)61-57/h1-36H. The molecule has 0 saturated heterocycles. The summed E-state index contributed by atoms with van der Waals surface area (Å²) in [5.74, 6) is 0. The number of pyridine rings is 1. The van der Waals surface area contributed by atoms with Crippen molar-refractivity contribution in [1.29, 1.82) is 0 Å². The van der Waals surface area contributed by atoms with Gasteiger partial charge in [0.15, 0.2) is 0 Å². The fraction of sp³-hybridized carbons (Fsp3) is 0.0167. The first kappa shape index (κ1) is 34.8. The van der Waals surface area contributed by atoms with Crippen molar-refractivity contribution in [3.8, 4) is 28.1 Å². The van der Waals surface area contributed by atoms with Crippen LogP contribution in [0.2, 0.25) is 0 Å². The molecule has 0 saturated carbocycles. The second-order valence-corrected chi connectivity index (χ2v) is 18.0. The Morgan fingerprint density at radius 1 is 0.413 bits per heavy atom. The van der Waals surface area contributed by atoms with Crippen LogP contribution in [0.5, 0.6) is 0 Å². The molecule has 14 rings (SSSR count). The highest BCUT2D eigenvalue weighted by atomic mass is 32.1. The zero-order valence-electron chi connectivity index (χ0n) is 34.1. The van der Waals surface area contributed by atoms with Crippen molar-refractivity contribution in [2.24, 2.45) is 0 Å². The first-order valence-corrected chi connectivity index (χ1v) is 22.5. The molecule has 0 radical (unpaired) electrons. The van der Waals surface area contributed by atoms with Crippen LogP contribution < -0.4 is 0 Å². The Morgan fingerprint density at radius 2 is 1.02 bits per heavy atom. The van der Waals surface area contributed by atoms with Crippen LogP contribution in [0.1, 0.15) is 22.3 Å². The zero-order chi connectivity index (χ0) is 41.2. The number of hydrogen-bond acceptors (Lipinski definition) is 2. The highest BCUT2D eigenvalue weighted by Crippen LogP contribution is 2.58. The topological polar surface area (TPSA) is 17.8 Å². The molecule has 292 valence electrons. The molecule has 0 spiro atoms. The van der Waals surface area contributed by atoms with Crippen LogP contribution in [0.3, 0.4) is 0 Å². The molecule has 3 aromatic heterocycles. The van der Waals surface area contributed by atoms with Gasteiger partial charge in [0.2, 0.25) is 0 Å². The highest BCUT2D eigenvalue weighted by molar-refractivity contribution is 7.26. The summed E-state index contributed by atoms with van der Waals surface area (Å²) in [5, 5.41) is 11.1. The maximum atomic E-state index is 5.56. The Labute approximate surface area is 367 Å². The Morgan fingerprint density at radius 3 is 1.76 bits per heavy atom. The maximum Gasteiger partial charge on any atom is 0.0795 e. The Kier molecular flexibility index (Phi) is 7.23. The molecule has 10 aromatic carbocycles. The van der Waals surface area contributed by atoms with Gasteiger partial charge in [0.05, 0.1) is 32.4 Å². The first-order chi connectivity index (χ1) is 31.3. The lowest BCUT2D eigenvalue weighted by atomic mass is 9.67. The smallest absolute Gasteiger partial charge is 0.0795 e. The Balaban J connectivity index is 1.10.